The Morgan fingerprint density at radius 1 is 1.41 bits per heavy atom. The normalized spacial score (nSPS) is 26.6. The van der Waals surface area contributed by atoms with Gasteiger partial charge in [0, 0.05) is 24.5 Å². The lowest BCUT2D eigenvalue weighted by atomic mass is 9.55. The van der Waals surface area contributed by atoms with E-state index in [2.05, 4.69) is 22.3 Å². The van der Waals surface area contributed by atoms with Gasteiger partial charge >= 0.3 is 0 Å². The van der Waals surface area contributed by atoms with Gasteiger partial charge in [0.25, 0.3) is 0 Å². The molecule has 6 nitrogen and oxygen atoms in total. The summed E-state index contributed by atoms with van der Waals surface area (Å²) >= 11 is 0. The molecule has 0 aliphatic heterocycles. The molecule has 2 fully saturated rings. The molecule has 22 heavy (non-hydrogen) atoms. The molecule has 2 aliphatic carbocycles. The van der Waals surface area contributed by atoms with Gasteiger partial charge in [0.15, 0.2) is 0 Å². The second kappa shape index (κ2) is 6.77. The topological polar surface area (TPSA) is 69.0 Å². The number of hydrogen-bond acceptors (Lipinski definition) is 4. The lowest BCUT2D eigenvalue weighted by molar-refractivity contribution is -0.157. The third-order valence-corrected chi connectivity index (χ3v) is 5.31. The van der Waals surface area contributed by atoms with Crippen LogP contribution in [-0.2, 0) is 16.1 Å². The molecule has 122 valence electrons. The van der Waals surface area contributed by atoms with E-state index in [4.69, 9.17) is 4.74 Å². The minimum absolute atomic E-state index is 0.111. The summed E-state index contributed by atoms with van der Waals surface area (Å²) in [5, 5.41) is 7.27. The summed E-state index contributed by atoms with van der Waals surface area (Å²) in [7, 11) is 0. The van der Waals surface area contributed by atoms with Crippen LogP contribution in [0.3, 0.4) is 0 Å². The first-order chi connectivity index (χ1) is 10.7. The highest BCUT2D eigenvalue weighted by atomic mass is 16.5. The van der Waals surface area contributed by atoms with Crippen LogP contribution in [0.5, 0.6) is 0 Å². The molecule has 0 aromatic carbocycles. The third kappa shape index (κ3) is 3.02. The van der Waals surface area contributed by atoms with Crippen LogP contribution in [-0.4, -0.2) is 39.4 Å². The molecule has 0 saturated heterocycles. The van der Waals surface area contributed by atoms with Crippen LogP contribution in [0.15, 0.2) is 12.7 Å². The molecule has 1 amide bonds. The molecule has 1 aromatic heterocycles. The van der Waals surface area contributed by atoms with Gasteiger partial charge in [0.1, 0.15) is 12.7 Å². The molecule has 0 unspecified atom stereocenters. The van der Waals surface area contributed by atoms with E-state index in [0.717, 1.165) is 13.0 Å². The lowest BCUT2D eigenvalue weighted by Crippen LogP contribution is -2.65. The zero-order valence-electron chi connectivity index (χ0n) is 13.3. The number of rotatable bonds is 6. The van der Waals surface area contributed by atoms with E-state index >= 15 is 0 Å². The fourth-order valence-corrected chi connectivity index (χ4v) is 4.10. The molecule has 2 aliphatic rings. The van der Waals surface area contributed by atoms with Crippen molar-refractivity contribution in [3.63, 3.8) is 0 Å². The first-order valence-electron chi connectivity index (χ1n) is 8.48. The lowest BCUT2D eigenvalue weighted by Gasteiger charge is -2.57. The minimum atomic E-state index is 0.111. The number of aromatic nitrogens is 3. The van der Waals surface area contributed by atoms with Gasteiger partial charge in [-0.05, 0) is 26.2 Å². The van der Waals surface area contributed by atoms with Gasteiger partial charge in [-0.3, -0.25) is 9.48 Å². The maximum absolute atomic E-state index is 12.2. The molecular weight excluding hydrogens is 280 g/mol. The number of hydrogen-bond donors (Lipinski definition) is 1. The van der Waals surface area contributed by atoms with Crippen molar-refractivity contribution in [2.24, 2.45) is 5.41 Å². The highest BCUT2D eigenvalue weighted by molar-refractivity contribution is 5.76. The van der Waals surface area contributed by atoms with Crippen molar-refractivity contribution in [3.05, 3.63) is 12.7 Å². The summed E-state index contributed by atoms with van der Waals surface area (Å²) in [6.45, 7) is 3.40. The molecule has 2 saturated carbocycles. The predicted molar refractivity (Wildman–Crippen MR) is 82.1 cm³/mol. The van der Waals surface area contributed by atoms with E-state index in [-0.39, 0.29) is 17.4 Å². The number of aryl methyl sites for hydroxylation is 1. The molecule has 0 radical (unpaired) electrons. The summed E-state index contributed by atoms with van der Waals surface area (Å²) < 4.78 is 7.62. The zero-order chi connectivity index (χ0) is 15.4. The highest BCUT2D eigenvalue weighted by Gasteiger charge is 2.55. The number of carbonyl (C=O) groups is 1. The smallest absolute Gasteiger partial charge is 0.222 e. The van der Waals surface area contributed by atoms with Crippen LogP contribution in [0.4, 0.5) is 0 Å². The van der Waals surface area contributed by atoms with Gasteiger partial charge in [-0.1, -0.05) is 19.3 Å². The van der Waals surface area contributed by atoms with Crippen molar-refractivity contribution in [3.8, 4) is 0 Å². The fraction of sp³-hybridized carbons (Fsp3) is 0.812. The Labute approximate surface area is 131 Å². The number of nitrogens with one attached hydrogen (secondary N) is 1. The van der Waals surface area contributed by atoms with Gasteiger partial charge in [-0.15, -0.1) is 0 Å². The number of carbonyl (C=O) groups excluding carboxylic acids is 1. The first kappa shape index (κ1) is 15.5. The number of nitrogens with zero attached hydrogens (tertiary/aromatic N) is 3. The van der Waals surface area contributed by atoms with Crippen molar-refractivity contribution in [1.29, 1.82) is 0 Å². The van der Waals surface area contributed by atoms with Gasteiger partial charge < -0.3 is 10.1 Å². The van der Waals surface area contributed by atoms with E-state index in [9.17, 15) is 4.79 Å². The Morgan fingerprint density at radius 3 is 2.91 bits per heavy atom. The summed E-state index contributed by atoms with van der Waals surface area (Å²) in [5.41, 5.74) is 0.192. The molecule has 3 rings (SSSR count). The molecule has 6 heteroatoms. The van der Waals surface area contributed by atoms with E-state index in [1.165, 1.54) is 38.4 Å². The Balaban J connectivity index is 1.53. The standard InChI is InChI=1S/C16H26N4O2/c1-2-22-14-10-13(16(14)7-4-3-5-8-16)19-15(21)6-9-20-12-17-11-18-20/h11-14H,2-10H2,1H3,(H,19,21)/t13-,14-/m0/s1. The molecular formula is C16H26N4O2. The molecule has 2 atom stereocenters. The average Bonchev–Trinajstić information content (AvgIpc) is 3.06. The zero-order valence-corrected chi connectivity index (χ0v) is 13.3. The van der Waals surface area contributed by atoms with Crippen molar-refractivity contribution in [2.45, 2.75) is 70.6 Å². The second-order valence-corrected chi connectivity index (χ2v) is 6.50. The van der Waals surface area contributed by atoms with Crippen LogP contribution in [0, 0.1) is 5.41 Å². The Morgan fingerprint density at radius 2 is 2.23 bits per heavy atom. The van der Waals surface area contributed by atoms with Gasteiger partial charge in [-0.25, -0.2) is 4.98 Å². The van der Waals surface area contributed by atoms with Crippen molar-refractivity contribution in [2.75, 3.05) is 6.61 Å². The van der Waals surface area contributed by atoms with E-state index in [1.807, 2.05) is 0 Å². The molecule has 1 aromatic rings. The van der Waals surface area contributed by atoms with Crippen molar-refractivity contribution >= 4 is 5.91 Å². The molecule has 1 spiro atoms. The van der Waals surface area contributed by atoms with Crippen molar-refractivity contribution in [1.82, 2.24) is 20.1 Å². The second-order valence-electron chi connectivity index (χ2n) is 6.50. The Hall–Kier alpha value is -1.43. The maximum atomic E-state index is 12.2. The summed E-state index contributed by atoms with van der Waals surface area (Å²) in [4.78, 5) is 16.1. The van der Waals surface area contributed by atoms with Crippen LogP contribution in [0.2, 0.25) is 0 Å². The maximum Gasteiger partial charge on any atom is 0.222 e. The quantitative estimate of drug-likeness (QED) is 0.871. The SMILES string of the molecule is CCO[C@H]1C[C@H](NC(=O)CCn2cncn2)C12CCCCC2. The summed E-state index contributed by atoms with van der Waals surface area (Å²) in [6, 6.07) is 0.285. The Bertz CT molecular complexity index is 482. The molecule has 0 bridgehead atoms. The van der Waals surface area contributed by atoms with Crippen LogP contribution >= 0.6 is 0 Å². The van der Waals surface area contributed by atoms with Gasteiger partial charge in [0.2, 0.25) is 5.91 Å². The Kier molecular flexibility index (Phi) is 4.76. The van der Waals surface area contributed by atoms with Crippen LogP contribution < -0.4 is 5.32 Å². The van der Waals surface area contributed by atoms with Crippen LogP contribution in [0.25, 0.3) is 0 Å². The minimum Gasteiger partial charge on any atom is -0.378 e. The molecule has 1 heterocycles. The number of ether oxygens (including phenoxy) is 1. The first-order valence-corrected chi connectivity index (χ1v) is 8.48. The average molecular weight is 306 g/mol. The van der Waals surface area contributed by atoms with Crippen molar-refractivity contribution < 1.29 is 9.53 Å². The van der Waals surface area contributed by atoms with Gasteiger partial charge in [0.05, 0.1) is 12.6 Å². The fourth-order valence-electron chi connectivity index (χ4n) is 4.10. The number of amides is 1. The van der Waals surface area contributed by atoms with E-state index in [0.29, 0.717) is 19.1 Å². The molecule has 1 N–H and O–H groups in total. The van der Waals surface area contributed by atoms with E-state index < -0.39 is 0 Å². The summed E-state index contributed by atoms with van der Waals surface area (Å²) in [6.07, 6.45) is 11.1. The summed E-state index contributed by atoms with van der Waals surface area (Å²) in [5.74, 6) is 0.111. The van der Waals surface area contributed by atoms with E-state index in [1.54, 1.807) is 11.0 Å². The third-order valence-electron chi connectivity index (χ3n) is 5.31. The van der Waals surface area contributed by atoms with Gasteiger partial charge in [-0.2, -0.15) is 5.10 Å². The van der Waals surface area contributed by atoms with Crippen LogP contribution in [0.1, 0.15) is 51.9 Å². The monoisotopic (exact) mass is 306 g/mol. The largest absolute Gasteiger partial charge is 0.378 e. The predicted octanol–water partition coefficient (Wildman–Crippen LogP) is 1.91. The highest BCUT2D eigenvalue weighted by Crippen LogP contribution is 2.53.